The smallest absolute Gasteiger partial charge is 0.234 e. The van der Waals surface area contributed by atoms with Crippen molar-refractivity contribution in [2.24, 2.45) is 0 Å². The van der Waals surface area contributed by atoms with Gasteiger partial charge in [0.25, 0.3) is 0 Å². The van der Waals surface area contributed by atoms with Crippen molar-refractivity contribution >= 4 is 27.5 Å². The number of benzene rings is 2. The molecular formula is C21H26BrN3O. The summed E-state index contributed by atoms with van der Waals surface area (Å²) in [5.74, 6) is 0.0877. The van der Waals surface area contributed by atoms with Gasteiger partial charge in [0.2, 0.25) is 5.91 Å². The van der Waals surface area contributed by atoms with Gasteiger partial charge in [0.05, 0.1) is 12.6 Å². The minimum absolute atomic E-state index is 0.0175. The molecule has 0 bridgehead atoms. The van der Waals surface area contributed by atoms with E-state index in [-0.39, 0.29) is 11.9 Å². The first kappa shape index (κ1) is 18.9. The number of rotatable bonds is 5. The number of amides is 1. The van der Waals surface area contributed by atoms with Crippen LogP contribution in [0.4, 0.5) is 5.69 Å². The second kappa shape index (κ2) is 8.69. The van der Waals surface area contributed by atoms with E-state index in [0.717, 1.165) is 36.2 Å². The summed E-state index contributed by atoms with van der Waals surface area (Å²) in [5.41, 5.74) is 3.73. The van der Waals surface area contributed by atoms with Crippen LogP contribution < -0.4 is 10.2 Å². The molecule has 1 fully saturated rings. The molecule has 3 rings (SSSR count). The molecule has 5 heteroatoms. The number of hydrogen-bond donors (Lipinski definition) is 1. The first-order chi connectivity index (χ1) is 12.5. The number of nitrogens with one attached hydrogen (secondary N) is 1. The Kier molecular flexibility index (Phi) is 6.33. The average molecular weight is 416 g/mol. The van der Waals surface area contributed by atoms with Gasteiger partial charge >= 0.3 is 0 Å². The van der Waals surface area contributed by atoms with Crippen molar-refractivity contribution in [3.05, 3.63) is 64.1 Å². The quantitative estimate of drug-likeness (QED) is 0.807. The molecule has 2 aromatic carbocycles. The van der Waals surface area contributed by atoms with Gasteiger partial charge in [-0.05, 0) is 43.2 Å². The van der Waals surface area contributed by atoms with E-state index in [2.05, 4.69) is 62.2 Å². The van der Waals surface area contributed by atoms with Gasteiger partial charge in [-0.25, -0.2) is 0 Å². The molecule has 0 unspecified atom stereocenters. The molecule has 26 heavy (non-hydrogen) atoms. The van der Waals surface area contributed by atoms with E-state index < -0.39 is 0 Å². The standard InChI is InChI=1S/C21H26BrN3O/c1-16-5-3-4-6-20(16)25-13-11-24(12-14-25)15-21(26)23-17(2)18-7-9-19(22)10-8-18/h3-10,17H,11-15H2,1-2H3,(H,23,26)/t17-/m1/s1. The second-order valence-electron chi connectivity index (χ2n) is 6.89. The Morgan fingerprint density at radius 3 is 2.38 bits per heavy atom. The Balaban J connectivity index is 1.47. The SMILES string of the molecule is Cc1ccccc1N1CCN(CC(=O)N[C@H](C)c2ccc(Br)cc2)CC1. The van der Waals surface area contributed by atoms with E-state index in [1.165, 1.54) is 11.3 Å². The molecule has 0 spiro atoms. The van der Waals surface area contributed by atoms with E-state index in [4.69, 9.17) is 0 Å². The summed E-state index contributed by atoms with van der Waals surface area (Å²) in [6, 6.07) is 16.6. The van der Waals surface area contributed by atoms with Crippen LogP contribution in [0.15, 0.2) is 53.0 Å². The average Bonchev–Trinajstić information content (AvgIpc) is 2.63. The first-order valence-corrected chi connectivity index (χ1v) is 9.90. The lowest BCUT2D eigenvalue weighted by Crippen LogP contribution is -2.49. The van der Waals surface area contributed by atoms with Crippen LogP contribution in [0.25, 0.3) is 0 Å². The van der Waals surface area contributed by atoms with Crippen LogP contribution in [0, 0.1) is 6.92 Å². The van der Waals surface area contributed by atoms with Gasteiger partial charge in [0, 0.05) is 36.3 Å². The van der Waals surface area contributed by atoms with Gasteiger partial charge in [-0.1, -0.05) is 46.3 Å². The third kappa shape index (κ3) is 4.86. The van der Waals surface area contributed by atoms with E-state index >= 15 is 0 Å². The molecule has 0 aromatic heterocycles. The third-order valence-corrected chi connectivity index (χ3v) is 5.47. The van der Waals surface area contributed by atoms with Crippen molar-refractivity contribution in [3.8, 4) is 0 Å². The number of carbonyl (C=O) groups is 1. The summed E-state index contributed by atoms with van der Waals surface area (Å²) >= 11 is 3.44. The predicted octanol–water partition coefficient (Wildman–Crippen LogP) is 3.76. The monoisotopic (exact) mass is 415 g/mol. The number of nitrogens with zero attached hydrogens (tertiary/aromatic N) is 2. The number of anilines is 1. The van der Waals surface area contributed by atoms with Crippen LogP contribution >= 0.6 is 15.9 Å². The fourth-order valence-corrected chi connectivity index (χ4v) is 3.65. The topological polar surface area (TPSA) is 35.6 Å². The van der Waals surface area contributed by atoms with Crippen LogP contribution in [0.2, 0.25) is 0 Å². The molecule has 0 radical (unpaired) electrons. The number of halogens is 1. The summed E-state index contributed by atoms with van der Waals surface area (Å²) < 4.78 is 1.05. The van der Waals surface area contributed by atoms with Gasteiger partial charge in [0.15, 0.2) is 0 Å². The molecular weight excluding hydrogens is 390 g/mol. The molecule has 0 saturated carbocycles. The zero-order valence-corrected chi connectivity index (χ0v) is 17.0. The van der Waals surface area contributed by atoms with Crippen molar-refractivity contribution in [1.29, 1.82) is 0 Å². The first-order valence-electron chi connectivity index (χ1n) is 9.10. The molecule has 1 aliphatic heterocycles. The highest BCUT2D eigenvalue weighted by molar-refractivity contribution is 9.10. The molecule has 1 N–H and O–H groups in total. The fourth-order valence-electron chi connectivity index (χ4n) is 3.39. The van der Waals surface area contributed by atoms with E-state index in [0.29, 0.717) is 6.54 Å². The molecule has 1 atom stereocenters. The lowest BCUT2D eigenvalue weighted by Gasteiger charge is -2.36. The van der Waals surface area contributed by atoms with Crippen molar-refractivity contribution < 1.29 is 4.79 Å². The lowest BCUT2D eigenvalue weighted by molar-refractivity contribution is -0.123. The molecule has 138 valence electrons. The molecule has 1 saturated heterocycles. The second-order valence-corrected chi connectivity index (χ2v) is 7.81. The van der Waals surface area contributed by atoms with Gasteiger partial charge in [0.1, 0.15) is 0 Å². The minimum atomic E-state index is 0.0175. The van der Waals surface area contributed by atoms with Crippen LogP contribution in [0.3, 0.4) is 0 Å². The maximum Gasteiger partial charge on any atom is 0.234 e. The Labute approximate surface area is 164 Å². The summed E-state index contributed by atoms with van der Waals surface area (Å²) in [7, 11) is 0. The van der Waals surface area contributed by atoms with Crippen LogP contribution in [-0.4, -0.2) is 43.5 Å². The molecule has 1 heterocycles. The van der Waals surface area contributed by atoms with Crippen molar-refractivity contribution in [3.63, 3.8) is 0 Å². The van der Waals surface area contributed by atoms with E-state index in [9.17, 15) is 4.79 Å². The van der Waals surface area contributed by atoms with Crippen molar-refractivity contribution in [1.82, 2.24) is 10.2 Å². The fraction of sp³-hybridized carbons (Fsp3) is 0.381. The van der Waals surface area contributed by atoms with Crippen molar-refractivity contribution in [2.45, 2.75) is 19.9 Å². The molecule has 2 aromatic rings. The highest BCUT2D eigenvalue weighted by Gasteiger charge is 2.20. The van der Waals surface area contributed by atoms with Gasteiger partial charge in [-0.3, -0.25) is 9.69 Å². The number of carbonyl (C=O) groups excluding carboxylic acids is 1. The van der Waals surface area contributed by atoms with Crippen LogP contribution in [0.1, 0.15) is 24.1 Å². The van der Waals surface area contributed by atoms with E-state index in [1.54, 1.807) is 0 Å². The third-order valence-electron chi connectivity index (χ3n) is 4.94. The van der Waals surface area contributed by atoms with Gasteiger partial charge in [-0.2, -0.15) is 0 Å². The Bertz CT molecular complexity index is 739. The summed E-state index contributed by atoms with van der Waals surface area (Å²) in [5, 5.41) is 3.11. The highest BCUT2D eigenvalue weighted by Crippen LogP contribution is 2.21. The minimum Gasteiger partial charge on any atom is -0.369 e. The molecule has 1 amide bonds. The maximum absolute atomic E-state index is 12.4. The van der Waals surface area contributed by atoms with E-state index in [1.807, 2.05) is 31.2 Å². The molecule has 4 nitrogen and oxygen atoms in total. The van der Waals surface area contributed by atoms with Gasteiger partial charge in [-0.15, -0.1) is 0 Å². The normalized spacial score (nSPS) is 16.3. The van der Waals surface area contributed by atoms with Crippen LogP contribution in [-0.2, 0) is 4.79 Å². The zero-order valence-electron chi connectivity index (χ0n) is 15.4. The van der Waals surface area contributed by atoms with Crippen molar-refractivity contribution in [2.75, 3.05) is 37.6 Å². The Morgan fingerprint density at radius 1 is 1.08 bits per heavy atom. The number of para-hydroxylation sites is 1. The molecule has 0 aliphatic carbocycles. The molecule has 1 aliphatic rings. The summed E-state index contributed by atoms with van der Waals surface area (Å²) in [6.07, 6.45) is 0. The van der Waals surface area contributed by atoms with Crippen LogP contribution in [0.5, 0.6) is 0 Å². The number of aryl methyl sites for hydroxylation is 1. The summed E-state index contributed by atoms with van der Waals surface area (Å²) in [4.78, 5) is 17.0. The zero-order chi connectivity index (χ0) is 18.5. The maximum atomic E-state index is 12.4. The Morgan fingerprint density at radius 2 is 1.73 bits per heavy atom. The Hall–Kier alpha value is -1.85. The highest BCUT2D eigenvalue weighted by atomic mass is 79.9. The summed E-state index contributed by atoms with van der Waals surface area (Å²) in [6.45, 7) is 8.38. The largest absolute Gasteiger partial charge is 0.369 e. The lowest BCUT2D eigenvalue weighted by atomic mass is 10.1. The predicted molar refractivity (Wildman–Crippen MR) is 111 cm³/mol. The number of hydrogen-bond acceptors (Lipinski definition) is 3. The number of piperazine rings is 1. The van der Waals surface area contributed by atoms with Gasteiger partial charge < -0.3 is 10.2 Å².